The molecule has 0 aliphatic carbocycles. The van der Waals surface area contributed by atoms with Crippen LogP contribution in [0.1, 0.15) is 11.6 Å². The second-order valence-electron chi connectivity index (χ2n) is 5.72. The summed E-state index contributed by atoms with van der Waals surface area (Å²) < 4.78 is 24.5. The molecule has 0 N–H and O–H groups in total. The number of piperazine rings is 1. The minimum absolute atomic E-state index is 0.335. The lowest BCUT2D eigenvalue weighted by molar-refractivity contribution is 0.163. The molecule has 0 saturated carbocycles. The molecule has 1 aliphatic rings. The van der Waals surface area contributed by atoms with Crippen LogP contribution in [0.2, 0.25) is 0 Å². The fourth-order valence-electron chi connectivity index (χ4n) is 2.62. The van der Waals surface area contributed by atoms with Gasteiger partial charge in [-0.2, -0.15) is 9.57 Å². The molecule has 1 heterocycles. The highest BCUT2D eigenvalue weighted by Crippen LogP contribution is 2.24. The molecule has 1 saturated heterocycles. The summed E-state index contributed by atoms with van der Waals surface area (Å²) in [5.74, 6) is 0. The Hall–Kier alpha value is -1.62. The molecule has 0 amide bonds. The first kappa shape index (κ1) is 16.7. The normalized spacial score (nSPS) is 18.6. The Morgan fingerprint density at radius 3 is 2.09 bits per heavy atom. The third kappa shape index (κ3) is 3.77. The molecule has 6 nitrogen and oxygen atoms in total. The molecule has 1 fully saturated rings. The highest BCUT2D eigenvalue weighted by molar-refractivity contribution is 7.88. The zero-order valence-electron chi connectivity index (χ0n) is 13.2. The molecule has 120 valence electrons. The van der Waals surface area contributed by atoms with Crippen molar-refractivity contribution in [2.75, 3.05) is 51.4 Å². The van der Waals surface area contributed by atoms with Crippen LogP contribution in [0.25, 0.3) is 0 Å². The quantitative estimate of drug-likeness (QED) is 0.824. The first-order valence-corrected chi connectivity index (χ1v) is 9.04. The number of nitriles is 1. The Morgan fingerprint density at radius 1 is 1.14 bits per heavy atom. The summed E-state index contributed by atoms with van der Waals surface area (Å²) in [6, 6.07) is 9.91. The van der Waals surface area contributed by atoms with Gasteiger partial charge in [-0.15, -0.1) is 0 Å². The summed E-state index contributed by atoms with van der Waals surface area (Å²) >= 11 is 0. The van der Waals surface area contributed by atoms with Crippen LogP contribution in [0.3, 0.4) is 0 Å². The molecule has 0 bridgehead atoms. The number of nitrogens with zero attached hydrogens (tertiary/aromatic N) is 4. The molecule has 22 heavy (non-hydrogen) atoms. The van der Waals surface area contributed by atoms with Gasteiger partial charge in [0.05, 0.1) is 12.3 Å². The van der Waals surface area contributed by atoms with Crippen molar-refractivity contribution in [1.29, 1.82) is 5.26 Å². The van der Waals surface area contributed by atoms with Crippen molar-refractivity contribution in [3.05, 3.63) is 29.8 Å². The van der Waals surface area contributed by atoms with E-state index in [0.29, 0.717) is 26.2 Å². The molecule has 1 aliphatic heterocycles. The molecule has 1 aromatic rings. The third-order valence-corrected chi connectivity index (χ3v) is 5.26. The predicted molar refractivity (Wildman–Crippen MR) is 87.1 cm³/mol. The highest BCUT2D eigenvalue weighted by Gasteiger charge is 2.28. The van der Waals surface area contributed by atoms with Crippen LogP contribution in [0.4, 0.5) is 5.69 Å². The minimum atomic E-state index is -3.14. The first-order chi connectivity index (χ1) is 10.3. The van der Waals surface area contributed by atoms with E-state index >= 15 is 0 Å². The average molecular weight is 322 g/mol. The zero-order valence-corrected chi connectivity index (χ0v) is 14.0. The second-order valence-corrected chi connectivity index (χ2v) is 7.70. The Morgan fingerprint density at radius 2 is 1.68 bits per heavy atom. The lowest BCUT2D eigenvalue weighted by Crippen LogP contribution is -2.49. The summed E-state index contributed by atoms with van der Waals surface area (Å²) in [6.45, 7) is 2.01. The van der Waals surface area contributed by atoms with Gasteiger partial charge in [-0.1, -0.05) is 12.1 Å². The topological polar surface area (TPSA) is 67.7 Å². The first-order valence-electron chi connectivity index (χ1n) is 7.19. The number of hydrogen-bond donors (Lipinski definition) is 0. The molecular weight excluding hydrogens is 300 g/mol. The Kier molecular flexibility index (Phi) is 5.06. The van der Waals surface area contributed by atoms with Gasteiger partial charge in [-0.05, 0) is 17.7 Å². The van der Waals surface area contributed by atoms with Crippen LogP contribution in [0, 0.1) is 11.3 Å². The van der Waals surface area contributed by atoms with E-state index in [-0.39, 0.29) is 6.04 Å². The van der Waals surface area contributed by atoms with Crippen molar-refractivity contribution in [3.63, 3.8) is 0 Å². The summed E-state index contributed by atoms with van der Waals surface area (Å²) in [5.41, 5.74) is 2.03. The molecule has 2 rings (SSSR count). The smallest absolute Gasteiger partial charge is 0.211 e. The minimum Gasteiger partial charge on any atom is -0.378 e. The number of hydrogen-bond acceptors (Lipinski definition) is 5. The van der Waals surface area contributed by atoms with E-state index in [1.54, 1.807) is 0 Å². The van der Waals surface area contributed by atoms with Crippen LogP contribution in [0.15, 0.2) is 24.3 Å². The van der Waals surface area contributed by atoms with Crippen molar-refractivity contribution in [1.82, 2.24) is 9.21 Å². The van der Waals surface area contributed by atoms with Crippen molar-refractivity contribution in [3.8, 4) is 6.07 Å². The number of benzene rings is 1. The van der Waals surface area contributed by atoms with E-state index in [4.69, 9.17) is 0 Å². The van der Waals surface area contributed by atoms with E-state index < -0.39 is 10.0 Å². The maximum atomic E-state index is 11.5. The molecule has 1 aromatic carbocycles. The van der Waals surface area contributed by atoms with Gasteiger partial charge in [0.25, 0.3) is 0 Å². The van der Waals surface area contributed by atoms with Crippen LogP contribution in [-0.2, 0) is 10.0 Å². The molecule has 7 heteroatoms. The molecule has 1 unspecified atom stereocenters. The molecule has 0 aromatic heterocycles. The Bertz CT molecular complexity index is 641. The van der Waals surface area contributed by atoms with Gasteiger partial charge in [0.1, 0.15) is 6.04 Å². The maximum absolute atomic E-state index is 11.5. The second kappa shape index (κ2) is 6.65. The monoisotopic (exact) mass is 322 g/mol. The molecule has 1 atom stereocenters. The van der Waals surface area contributed by atoms with Crippen LogP contribution in [-0.4, -0.2) is 64.2 Å². The standard InChI is InChI=1S/C15H22N4O2S/c1-17(2)14-6-4-13(5-7-14)15(12-16)18-8-10-19(11-9-18)22(3,20)21/h4-7,15H,8-11H2,1-3H3. The van der Waals surface area contributed by atoms with Gasteiger partial charge in [0, 0.05) is 46.0 Å². The van der Waals surface area contributed by atoms with E-state index in [1.165, 1.54) is 10.6 Å². The van der Waals surface area contributed by atoms with Gasteiger partial charge in [0.15, 0.2) is 0 Å². The number of anilines is 1. The fraction of sp³-hybridized carbons (Fsp3) is 0.533. The van der Waals surface area contributed by atoms with Crippen LogP contribution >= 0.6 is 0 Å². The number of rotatable bonds is 4. The SMILES string of the molecule is CN(C)c1ccc(C(C#N)N2CCN(S(C)(=O)=O)CC2)cc1. The van der Waals surface area contributed by atoms with Crippen LogP contribution < -0.4 is 4.90 Å². The van der Waals surface area contributed by atoms with E-state index in [2.05, 4.69) is 6.07 Å². The van der Waals surface area contributed by atoms with E-state index in [0.717, 1.165) is 11.3 Å². The Labute approximate surface area is 132 Å². The van der Waals surface area contributed by atoms with Gasteiger partial charge in [0.2, 0.25) is 10.0 Å². The average Bonchev–Trinajstić information content (AvgIpc) is 2.48. The summed E-state index contributed by atoms with van der Waals surface area (Å²) in [4.78, 5) is 4.04. The van der Waals surface area contributed by atoms with Gasteiger partial charge in [-0.25, -0.2) is 8.42 Å². The maximum Gasteiger partial charge on any atom is 0.211 e. The third-order valence-electron chi connectivity index (χ3n) is 3.95. The molecule has 0 radical (unpaired) electrons. The summed E-state index contributed by atoms with van der Waals surface area (Å²) in [5, 5.41) is 9.50. The van der Waals surface area contributed by atoms with Crippen molar-refractivity contribution in [2.24, 2.45) is 0 Å². The van der Waals surface area contributed by atoms with Gasteiger partial charge >= 0.3 is 0 Å². The van der Waals surface area contributed by atoms with Gasteiger partial charge < -0.3 is 4.90 Å². The van der Waals surface area contributed by atoms with Crippen LogP contribution in [0.5, 0.6) is 0 Å². The highest BCUT2D eigenvalue weighted by atomic mass is 32.2. The largest absolute Gasteiger partial charge is 0.378 e. The van der Waals surface area contributed by atoms with Gasteiger partial charge in [-0.3, -0.25) is 4.90 Å². The van der Waals surface area contributed by atoms with Crippen molar-refractivity contribution < 1.29 is 8.42 Å². The lowest BCUT2D eigenvalue weighted by atomic mass is 10.1. The zero-order chi connectivity index (χ0) is 16.3. The lowest BCUT2D eigenvalue weighted by Gasteiger charge is -2.35. The van der Waals surface area contributed by atoms with E-state index in [9.17, 15) is 13.7 Å². The molecular formula is C15H22N4O2S. The van der Waals surface area contributed by atoms with Crippen molar-refractivity contribution in [2.45, 2.75) is 6.04 Å². The summed E-state index contributed by atoms with van der Waals surface area (Å²) in [6.07, 6.45) is 1.23. The predicted octanol–water partition coefficient (Wildman–Crippen LogP) is 0.894. The molecule has 0 spiro atoms. The van der Waals surface area contributed by atoms with E-state index in [1.807, 2.05) is 48.2 Å². The number of sulfonamides is 1. The fourth-order valence-corrected chi connectivity index (χ4v) is 3.44. The summed E-state index contributed by atoms with van der Waals surface area (Å²) in [7, 11) is 0.804. The Balaban J connectivity index is 2.09. The van der Waals surface area contributed by atoms with Crippen molar-refractivity contribution >= 4 is 15.7 Å².